The number of carboxylic acids is 2. The molecular weight excluding hydrogens is 340 g/mol. The molecule has 1 saturated carbocycles. The van der Waals surface area contributed by atoms with E-state index in [-0.39, 0.29) is 24.1 Å². The van der Waals surface area contributed by atoms with Gasteiger partial charge in [-0.25, -0.2) is 8.78 Å². The van der Waals surface area contributed by atoms with E-state index in [0.717, 1.165) is 13.0 Å². The molecule has 1 aromatic rings. The molecule has 1 aromatic carbocycles. The molecule has 136 valence electrons. The van der Waals surface area contributed by atoms with Gasteiger partial charge in [0.05, 0.1) is 15.8 Å². The molecule has 3 unspecified atom stereocenters. The Morgan fingerprint density at radius 1 is 1.32 bits per heavy atom. The number of non-ortho nitro benzene ring substituents is 1. The average molecular weight is 357 g/mol. The predicted octanol–water partition coefficient (Wildman–Crippen LogP) is 3.07. The van der Waals surface area contributed by atoms with Crippen molar-refractivity contribution in [3.05, 3.63) is 39.9 Å². The number of nitrogens with zero attached hydrogens (tertiary/aromatic N) is 1. The number of carboxylic acid groups (broad SMARTS) is 2. The SMILES string of the molecule is CC1(C(=O)O)CC(C(=O)O)(c2cccc([N+](=O)[O-])c2)CCC1C(F)F. The zero-order chi connectivity index (χ0) is 19.0. The largest absolute Gasteiger partial charge is 0.481 e. The number of hydrogen-bond donors (Lipinski definition) is 2. The Hall–Kier alpha value is -2.58. The normalized spacial score (nSPS) is 29.4. The van der Waals surface area contributed by atoms with Gasteiger partial charge in [-0.1, -0.05) is 12.1 Å². The zero-order valence-corrected chi connectivity index (χ0v) is 13.3. The first kappa shape index (κ1) is 18.8. The molecule has 25 heavy (non-hydrogen) atoms. The number of rotatable bonds is 5. The molecule has 0 saturated heterocycles. The molecule has 0 amide bonds. The lowest BCUT2D eigenvalue weighted by Crippen LogP contribution is -2.52. The predicted molar refractivity (Wildman–Crippen MR) is 81.5 cm³/mol. The first-order valence-corrected chi connectivity index (χ1v) is 7.54. The Bertz CT molecular complexity index is 724. The lowest BCUT2D eigenvalue weighted by atomic mass is 9.56. The van der Waals surface area contributed by atoms with Crippen LogP contribution in [0.4, 0.5) is 14.5 Å². The minimum absolute atomic E-state index is 0.0504. The summed E-state index contributed by atoms with van der Waals surface area (Å²) in [7, 11) is 0. The molecule has 0 radical (unpaired) electrons. The van der Waals surface area contributed by atoms with Crippen LogP contribution in [-0.4, -0.2) is 33.5 Å². The van der Waals surface area contributed by atoms with E-state index in [0.29, 0.717) is 0 Å². The molecule has 9 heteroatoms. The van der Waals surface area contributed by atoms with Crippen LogP contribution >= 0.6 is 0 Å². The molecule has 2 rings (SSSR count). The number of carbonyl (C=O) groups is 2. The lowest BCUT2D eigenvalue weighted by Gasteiger charge is -2.46. The molecule has 0 spiro atoms. The summed E-state index contributed by atoms with van der Waals surface area (Å²) in [5.41, 5.74) is -4.03. The van der Waals surface area contributed by atoms with Crippen molar-refractivity contribution in [2.24, 2.45) is 11.3 Å². The summed E-state index contributed by atoms with van der Waals surface area (Å²) in [6.07, 6.45) is -4.00. The molecule has 2 N–H and O–H groups in total. The maximum absolute atomic E-state index is 13.3. The van der Waals surface area contributed by atoms with Gasteiger partial charge in [0.25, 0.3) is 5.69 Å². The monoisotopic (exact) mass is 357 g/mol. The first-order valence-electron chi connectivity index (χ1n) is 7.54. The van der Waals surface area contributed by atoms with Crippen LogP contribution in [0, 0.1) is 21.4 Å². The van der Waals surface area contributed by atoms with Crippen molar-refractivity contribution < 1.29 is 33.5 Å². The number of nitro benzene ring substituents is 1. The number of halogens is 2. The number of benzene rings is 1. The standard InChI is InChI=1S/C16H17F2NO6/c1-15(13(20)21)8-16(14(22)23,6-5-11(15)12(17)18)9-3-2-4-10(7-9)19(24)25/h2-4,7,11-12H,5-6,8H2,1H3,(H,20,21)(H,22,23). The van der Waals surface area contributed by atoms with Crippen molar-refractivity contribution in [3.63, 3.8) is 0 Å². The van der Waals surface area contributed by atoms with Crippen molar-refractivity contribution in [1.82, 2.24) is 0 Å². The fraction of sp³-hybridized carbons (Fsp3) is 0.500. The van der Waals surface area contributed by atoms with Crippen molar-refractivity contribution in [1.29, 1.82) is 0 Å². The molecule has 0 bridgehead atoms. The molecule has 1 aliphatic carbocycles. The number of nitro groups is 1. The van der Waals surface area contributed by atoms with Gasteiger partial charge in [0.1, 0.15) is 0 Å². The summed E-state index contributed by atoms with van der Waals surface area (Å²) in [6, 6.07) is 4.90. The highest BCUT2D eigenvalue weighted by molar-refractivity contribution is 5.84. The van der Waals surface area contributed by atoms with Gasteiger partial charge < -0.3 is 10.2 Å². The lowest BCUT2D eigenvalue weighted by molar-refractivity contribution is -0.385. The van der Waals surface area contributed by atoms with Gasteiger partial charge in [0.2, 0.25) is 6.43 Å². The maximum Gasteiger partial charge on any atom is 0.314 e. The van der Waals surface area contributed by atoms with Crippen molar-refractivity contribution in [2.75, 3.05) is 0 Å². The minimum Gasteiger partial charge on any atom is -0.481 e. The van der Waals surface area contributed by atoms with E-state index in [1.165, 1.54) is 18.2 Å². The van der Waals surface area contributed by atoms with Gasteiger partial charge in [-0.3, -0.25) is 19.7 Å². The maximum atomic E-state index is 13.3. The Labute approximate surface area is 141 Å². The van der Waals surface area contributed by atoms with E-state index in [9.17, 15) is 38.7 Å². The zero-order valence-electron chi connectivity index (χ0n) is 13.3. The van der Waals surface area contributed by atoms with Crippen LogP contribution in [0.2, 0.25) is 0 Å². The third kappa shape index (κ3) is 3.06. The topological polar surface area (TPSA) is 118 Å². The number of hydrogen-bond acceptors (Lipinski definition) is 4. The van der Waals surface area contributed by atoms with Gasteiger partial charge >= 0.3 is 11.9 Å². The van der Waals surface area contributed by atoms with Gasteiger partial charge in [0.15, 0.2) is 0 Å². The van der Waals surface area contributed by atoms with Crippen LogP contribution in [-0.2, 0) is 15.0 Å². The van der Waals surface area contributed by atoms with E-state index >= 15 is 0 Å². The molecule has 0 aliphatic heterocycles. The summed E-state index contributed by atoms with van der Waals surface area (Å²) >= 11 is 0. The van der Waals surface area contributed by atoms with E-state index in [4.69, 9.17) is 0 Å². The van der Waals surface area contributed by atoms with Crippen molar-refractivity contribution >= 4 is 17.6 Å². The van der Waals surface area contributed by atoms with Gasteiger partial charge in [0, 0.05) is 18.1 Å². The summed E-state index contributed by atoms with van der Waals surface area (Å²) < 4.78 is 26.6. The van der Waals surface area contributed by atoms with E-state index < -0.39 is 46.5 Å². The van der Waals surface area contributed by atoms with Crippen LogP contribution in [0.3, 0.4) is 0 Å². The molecule has 1 aliphatic rings. The summed E-state index contributed by atoms with van der Waals surface area (Å²) in [5.74, 6) is -4.38. The van der Waals surface area contributed by atoms with Gasteiger partial charge in [-0.2, -0.15) is 0 Å². The third-order valence-electron chi connectivity index (χ3n) is 5.18. The Kier molecular flexibility index (Phi) is 4.79. The second-order valence-corrected chi connectivity index (χ2v) is 6.57. The molecule has 1 fully saturated rings. The second-order valence-electron chi connectivity index (χ2n) is 6.57. The summed E-state index contributed by atoms with van der Waals surface area (Å²) in [4.78, 5) is 33.9. The number of alkyl halides is 2. The van der Waals surface area contributed by atoms with Crippen molar-refractivity contribution in [3.8, 4) is 0 Å². The smallest absolute Gasteiger partial charge is 0.314 e. The fourth-order valence-electron chi connectivity index (χ4n) is 3.67. The molecule has 7 nitrogen and oxygen atoms in total. The first-order chi connectivity index (χ1) is 11.5. The fourth-order valence-corrected chi connectivity index (χ4v) is 3.67. The van der Waals surface area contributed by atoms with Crippen LogP contribution in [0.1, 0.15) is 31.7 Å². The summed E-state index contributed by atoms with van der Waals surface area (Å²) in [5, 5.41) is 30.2. The van der Waals surface area contributed by atoms with Gasteiger partial charge in [-0.15, -0.1) is 0 Å². The third-order valence-corrected chi connectivity index (χ3v) is 5.18. The van der Waals surface area contributed by atoms with Crippen LogP contribution in [0.5, 0.6) is 0 Å². The Morgan fingerprint density at radius 2 is 1.96 bits per heavy atom. The van der Waals surface area contributed by atoms with E-state index in [1.807, 2.05) is 0 Å². The van der Waals surface area contributed by atoms with Gasteiger partial charge in [-0.05, 0) is 31.7 Å². The summed E-state index contributed by atoms with van der Waals surface area (Å²) in [6.45, 7) is 1.11. The van der Waals surface area contributed by atoms with Crippen LogP contribution in [0.15, 0.2) is 24.3 Å². The van der Waals surface area contributed by atoms with E-state index in [1.54, 1.807) is 0 Å². The second kappa shape index (κ2) is 6.38. The quantitative estimate of drug-likeness (QED) is 0.618. The van der Waals surface area contributed by atoms with Crippen molar-refractivity contribution in [2.45, 2.75) is 38.0 Å². The molecule has 0 aromatic heterocycles. The van der Waals surface area contributed by atoms with E-state index in [2.05, 4.69) is 0 Å². The highest BCUT2D eigenvalue weighted by Crippen LogP contribution is 2.53. The highest BCUT2D eigenvalue weighted by atomic mass is 19.3. The molecule has 0 heterocycles. The molecule has 3 atom stereocenters. The van der Waals surface area contributed by atoms with Crippen LogP contribution < -0.4 is 0 Å². The van der Waals surface area contributed by atoms with Crippen LogP contribution in [0.25, 0.3) is 0 Å². The Balaban J connectivity index is 2.58. The Morgan fingerprint density at radius 3 is 2.44 bits per heavy atom. The highest BCUT2D eigenvalue weighted by Gasteiger charge is 2.58. The molecular formula is C16H17F2NO6. The number of aliphatic carboxylic acids is 2. The minimum atomic E-state index is -2.90. The average Bonchev–Trinajstić information content (AvgIpc) is 2.53.